The standard InChI is InChI=1S/C54H35FN2.C8H10.C2H6/c55-44-24-26-45(27-25-44)56-51-20-9-7-18-47(51)49-34-39(22-28-53(49)56)40-23-29-54-50(35-40)48-19-8-10-21-52(48)57(54)46-17-11-16-38(33-46)43-31-41(36-12-3-1-4-13-36)30-42(32-43)37-14-5-2-6-15-37;1-2-8-6-4-3-5-7-8;1-2/h1-35H;3-7H,2H2,1H3;1-2H3. The molecule has 0 aliphatic heterocycles. The molecule has 0 aliphatic carbocycles. The summed E-state index contributed by atoms with van der Waals surface area (Å²) in [6, 6.07) is 85.1. The number of para-hydroxylation sites is 2. The summed E-state index contributed by atoms with van der Waals surface area (Å²) in [7, 11) is 0. The Morgan fingerprint density at radius 1 is 0.299 bits per heavy atom. The largest absolute Gasteiger partial charge is 0.309 e. The normalized spacial score (nSPS) is 11.0. The van der Waals surface area contributed by atoms with E-state index in [1.54, 1.807) is 0 Å². The molecule has 12 rings (SSSR count). The smallest absolute Gasteiger partial charge is 0.123 e. The van der Waals surface area contributed by atoms with Crippen molar-refractivity contribution in [2.75, 3.05) is 0 Å². The number of nitrogens with zero attached hydrogens (tertiary/aromatic N) is 2. The topological polar surface area (TPSA) is 9.86 Å². The van der Waals surface area contributed by atoms with E-state index in [1.807, 2.05) is 32.0 Å². The summed E-state index contributed by atoms with van der Waals surface area (Å²) in [5, 5.41) is 4.76. The molecule has 0 unspecified atom stereocenters. The molecule has 0 atom stereocenters. The lowest BCUT2D eigenvalue weighted by atomic mass is 9.93. The molecule has 0 amide bonds. The summed E-state index contributed by atoms with van der Waals surface area (Å²) in [5.74, 6) is -0.239. The van der Waals surface area contributed by atoms with Crippen LogP contribution in [0.3, 0.4) is 0 Å². The van der Waals surface area contributed by atoms with Gasteiger partial charge in [0, 0.05) is 32.9 Å². The van der Waals surface area contributed by atoms with Gasteiger partial charge in [0.15, 0.2) is 0 Å². The van der Waals surface area contributed by atoms with Crippen LogP contribution in [0.25, 0.3) is 99.5 Å². The van der Waals surface area contributed by atoms with Crippen LogP contribution >= 0.6 is 0 Å². The molecule has 2 nitrogen and oxygen atoms in total. The minimum absolute atomic E-state index is 0.239. The number of hydrogen-bond acceptors (Lipinski definition) is 0. The molecule has 12 aromatic rings. The third-order valence-electron chi connectivity index (χ3n) is 12.6. The lowest BCUT2D eigenvalue weighted by Gasteiger charge is -2.14. The van der Waals surface area contributed by atoms with E-state index in [-0.39, 0.29) is 5.82 Å². The minimum atomic E-state index is -0.239. The molecule has 0 fully saturated rings. The Labute approximate surface area is 392 Å². The molecule has 10 aromatic carbocycles. The van der Waals surface area contributed by atoms with E-state index in [0.29, 0.717) is 0 Å². The van der Waals surface area contributed by atoms with Crippen molar-refractivity contribution in [2.45, 2.75) is 27.2 Å². The van der Waals surface area contributed by atoms with Gasteiger partial charge in [-0.1, -0.05) is 172 Å². The van der Waals surface area contributed by atoms with Crippen LogP contribution in [0.5, 0.6) is 0 Å². The predicted octanol–water partition coefficient (Wildman–Crippen LogP) is 18.0. The van der Waals surface area contributed by atoms with Crippen molar-refractivity contribution < 1.29 is 4.39 Å². The fourth-order valence-corrected chi connectivity index (χ4v) is 9.38. The zero-order chi connectivity index (χ0) is 45.7. The van der Waals surface area contributed by atoms with Gasteiger partial charge in [0.05, 0.1) is 22.1 Å². The van der Waals surface area contributed by atoms with E-state index < -0.39 is 0 Å². The highest BCUT2D eigenvalue weighted by Crippen LogP contribution is 2.40. The quantitative estimate of drug-likeness (QED) is 0.151. The molecule has 0 N–H and O–H groups in total. The Hall–Kier alpha value is -8.27. The van der Waals surface area contributed by atoms with Gasteiger partial charge in [-0.05, 0) is 147 Å². The third kappa shape index (κ3) is 8.44. The van der Waals surface area contributed by atoms with Gasteiger partial charge in [-0.15, -0.1) is 0 Å². The van der Waals surface area contributed by atoms with Crippen LogP contribution in [0.4, 0.5) is 4.39 Å². The van der Waals surface area contributed by atoms with Gasteiger partial charge in [-0.2, -0.15) is 0 Å². The van der Waals surface area contributed by atoms with Crippen LogP contribution in [0.2, 0.25) is 0 Å². The summed E-state index contributed by atoms with van der Waals surface area (Å²) in [6.07, 6.45) is 1.14. The Balaban J connectivity index is 0.000000473. The zero-order valence-corrected chi connectivity index (χ0v) is 38.1. The molecule has 324 valence electrons. The molecule has 3 heteroatoms. The maximum absolute atomic E-state index is 13.9. The summed E-state index contributed by atoms with van der Waals surface area (Å²) in [5.41, 5.74) is 17.4. The molecule has 0 radical (unpaired) electrons. The van der Waals surface area contributed by atoms with E-state index >= 15 is 0 Å². The summed E-state index contributed by atoms with van der Waals surface area (Å²) >= 11 is 0. The average Bonchev–Trinajstić information content (AvgIpc) is 3.92. The first-order chi connectivity index (χ1) is 33.1. The summed E-state index contributed by atoms with van der Waals surface area (Å²) in [4.78, 5) is 0. The molecule has 0 saturated heterocycles. The molecule has 0 bridgehead atoms. The van der Waals surface area contributed by atoms with Gasteiger partial charge in [0.2, 0.25) is 0 Å². The van der Waals surface area contributed by atoms with Crippen molar-refractivity contribution >= 4 is 43.6 Å². The Bertz CT molecular complexity index is 3560. The maximum Gasteiger partial charge on any atom is 0.123 e. The number of aryl methyl sites for hydroxylation is 1. The second-order valence-corrected chi connectivity index (χ2v) is 16.6. The van der Waals surface area contributed by atoms with E-state index in [1.165, 1.54) is 72.6 Å². The lowest BCUT2D eigenvalue weighted by Crippen LogP contribution is -1.95. The SMILES string of the molecule is CC.CCc1ccccc1.Fc1ccc(-n2c3ccccc3c3cc(-c4ccc5c(c4)c4ccccc4n5-c4cccc(-c5cc(-c6ccccc6)cc(-c6ccccc6)c5)c4)ccc32)cc1. The zero-order valence-electron chi connectivity index (χ0n) is 38.1. The molecular weight excluding hydrogens is 816 g/mol. The first kappa shape index (κ1) is 42.7. The Kier molecular flexibility index (Phi) is 12.1. The van der Waals surface area contributed by atoms with Crippen molar-refractivity contribution in [1.82, 2.24) is 9.13 Å². The van der Waals surface area contributed by atoms with Crippen LogP contribution in [0, 0.1) is 5.82 Å². The van der Waals surface area contributed by atoms with E-state index in [9.17, 15) is 4.39 Å². The predicted molar refractivity (Wildman–Crippen MR) is 284 cm³/mol. The van der Waals surface area contributed by atoms with Crippen LogP contribution in [0.15, 0.2) is 243 Å². The number of aromatic nitrogens is 2. The Morgan fingerprint density at radius 2 is 0.701 bits per heavy atom. The van der Waals surface area contributed by atoms with Crippen molar-refractivity contribution in [2.24, 2.45) is 0 Å². The molecular formula is C64H51FN2. The summed E-state index contributed by atoms with van der Waals surface area (Å²) in [6.45, 7) is 6.16. The lowest BCUT2D eigenvalue weighted by molar-refractivity contribution is 0.627. The number of hydrogen-bond donors (Lipinski definition) is 0. The number of benzene rings is 10. The van der Waals surface area contributed by atoms with Gasteiger partial charge < -0.3 is 9.13 Å². The van der Waals surface area contributed by atoms with Gasteiger partial charge in [-0.25, -0.2) is 4.39 Å². The number of rotatable bonds is 7. The van der Waals surface area contributed by atoms with Gasteiger partial charge in [0.25, 0.3) is 0 Å². The monoisotopic (exact) mass is 866 g/mol. The molecule has 2 aromatic heterocycles. The Morgan fingerprint density at radius 3 is 1.19 bits per heavy atom. The second kappa shape index (κ2) is 19.1. The first-order valence-corrected chi connectivity index (χ1v) is 23.3. The van der Waals surface area contributed by atoms with E-state index in [4.69, 9.17) is 0 Å². The molecule has 67 heavy (non-hydrogen) atoms. The fraction of sp³-hybridized carbons (Fsp3) is 0.0625. The minimum Gasteiger partial charge on any atom is -0.309 e. The highest BCUT2D eigenvalue weighted by Gasteiger charge is 2.17. The molecule has 0 aliphatic rings. The van der Waals surface area contributed by atoms with Gasteiger partial charge in [-0.3, -0.25) is 0 Å². The second-order valence-electron chi connectivity index (χ2n) is 16.6. The van der Waals surface area contributed by atoms with Crippen LogP contribution in [-0.2, 0) is 6.42 Å². The number of halogens is 1. The van der Waals surface area contributed by atoms with Crippen molar-refractivity contribution in [3.05, 3.63) is 254 Å². The third-order valence-corrected chi connectivity index (χ3v) is 12.6. The summed E-state index contributed by atoms with van der Waals surface area (Å²) < 4.78 is 18.5. The van der Waals surface area contributed by atoms with E-state index in [2.05, 4.69) is 228 Å². The van der Waals surface area contributed by atoms with Gasteiger partial charge >= 0.3 is 0 Å². The van der Waals surface area contributed by atoms with Crippen molar-refractivity contribution in [1.29, 1.82) is 0 Å². The highest BCUT2D eigenvalue weighted by molar-refractivity contribution is 6.12. The average molecular weight is 867 g/mol. The van der Waals surface area contributed by atoms with Gasteiger partial charge in [0.1, 0.15) is 5.82 Å². The van der Waals surface area contributed by atoms with Crippen LogP contribution < -0.4 is 0 Å². The van der Waals surface area contributed by atoms with Crippen LogP contribution in [-0.4, -0.2) is 9.13 Å². The maximum atomic E-state index is 13.9. The highest BCUT2D eigenvalue weighted by atomic mass is 19.1. The molecule has 2 heterocycles. The molecule has 0 spiro atoms. The first-order valence-electron chi connectivity index (χ1n) is 23.3. The molecule has 0 saturated carbocycles. The van der Waals surface area contributed by atoms with Crippen molar-refractivity contribution in [3.8, 4) is 55.9 Å². The van der Waals surface area contributed by atoms with E-state index in [0.717, 1.165) is 51.0 Å². The fourth-order valence-electron chi connectivity index (χ4n) is 9.38. The van der Waals surface area contributed by atoms with Crippen molar-refractivity contribution in [3.63, 3.8) is 0 Å². The number of fused-ring (bicyclic) bond motifs is 6. The van der Waals surface area contributed by atoms with Crippen LogP contribution in [0.1, 0.15) is 26.3 Å².